The van der Waals surface area contributed by atoms with Crippen molar-refractivity contribution in [2.45, 2.75) is 25.8 Å². The highest BCUT2D eigenvalue weighted by atomic mass is 79.9. The van der Waals surface area contributed by atoms with Crippen LogP contribution in [0.15, 0.2) is 34.8 Å². The number of carbonyl (C=O) groups is 1. The van der Waals surface area contributed by atoms with Crippen molar-refractivity contribution in [3.63, 3.8) is 0 Å². The molecule has 0 saturated carbocycles. The van der Waals surface area contributed by atoms with Crippen LogP contribution >= 0.6 is 15.9 Å². The molecule has 3 rings (SSSR count). The number of halogens is 1. The first kappa shape index (κ1) is 16.9. The van der Waals surface area contributed by atoms with Crippen LogP contribution < -0.4 is 10.1 Å². The van der Waals surface area contributed by atoms with Gasteiger partial charge in [-0.05, 0) is 49.6 Å². The van der Waals surface area contributed by atoms with Crippen molar-refractivity contribution in [1.29, 1.82) is 0 Å². The Hall–Kier alpha value is -1.99. The van der Waals surface area contributed by atoms with Crippen LogP contribution in [0.5, 0.6) is 11.6 Å². The van der Waals surface area contributed by atoms with E-state index in [0.717, 1.165) is 22.9 Å². The molecule has 0 aliphatic carbocycles. The molecule has 0 atom stereocenters. The maximum atomic E-state index is 12.2. The van der Waals surface area contributed by atoms with Crippen molar-refractivity contribution in [3.8, 4) is 11.6 Å². The predicted octanol–water partition coefficient (Wildman–Crippen LogP) is 3.25. The van der Waals surface area contributed by atoms with Gasteiger partial charge < -0.3 is 14.8 Å². The van der Waals surface area contributed by atoms with E-state index < -0.39 is 0 Å². The van der Waals surface area contributed by atoms with E-state index in [4.69, 9.17) is 9.47 Å². The second kappa shape index (κ2) is 7.72. The lowest BCUT2D eigenvalue weighted by Crippen LogP contribution is -2.39. The summed E-state index contributed by atoms with van der Waals surface area (Å²) in [6.45, 7) is 3.33. The average Bonchev–Trinajstić information content (AvgIpc) is 2.60. The van der Waals surface area contributed by atoms with E-state index in [2.05, 4.69) is 31.4 Å². The lowest BCUT2D eigenvalue weighted by molar-refractivity contribution is 0.0693. The molecule has 24 heavy (non-hydrogen) atoms. The Morgan fingerprint density at radius 2 is 2.04 bits per heavy atom. The van der Waals surface area contributed by atoms with Gasteiger partial charge in [0.2, 0.25) is 5.88 Å². The predicted molar refractivity (Wildman–Crippen MR) is 92.3 cm³/mol. The monoisotopic (exact) mass is 391 g/mol. The van der Waals surface area contributed by atoms with Crippen molar-refractivity contribution >= 4 is 21.8 Å². The molecule has 0 bridgehead atoms. The van der Waals surface area contributed by atoms with Gasteiger partial charge in [0.25, 0.3) is 5.91 Å². The van der Waals surface area contributed by atoms with Gasteiger partial charge in [-0.1, -0.05) is 15.9 Å². The summed E-state index contributed by atoms with van der Waals surface area (Å²) in [7, 11) is 0. The number of hydrogen-bond acceptors (Lipinski definition) is 5. The molecule has 1 fully saturated rings. The third-order valence-corrected chi connectivity index (χ3v) is 4.67. The second-order valence-corrected chi connectivity index (χ2v) is 6.48. The van der Waals surface area contributed by atoms with Crippen molar-refractivity contribution < 1.29 is 14.3 Å². The van der Waals surface area contributed by atoms with Crippen molar-refractivity contribution in [2.75, 3.05) is 13.2 Å². The van der Waals surface area contributed by atoms with Crippen LogP contribution in [0.4, 0.5) is 0 Å². The minimum absolute atomic E-state index is 0.134. The summed E-state index contributed by atoms with van der Waals surface area (Å²) in [5, 5.41) is 10.9. The maximum Gasteiger partial charge on any atom is 0.272 e. The number of nitrogens with zero attached hydrogens (tertiary/aromatic N) is 2. The Balaban J connectivity index is 1.61. The number of nitrogens with one attached hydrogen (secondary N) is 1. The first-order valence-corrected chi connectivity index (χ1v) is 8.57. The molecular formula is C17H18BrN3O3. The summed E-state index contributed by atoms with van der Waals surface area (Å²) in [5.41, 5.74) is 1.34. The van der Waals surface area contributed by atoms with Gasteiger partial charge in [-0.3, -0.25) is 4.79 Å². The highest BCUT2D eigenvalue weighted by molar-refractivity contribution is 9.10. The lowest BCUT2D eigenvalue weighted by Gasteiger charge is -2.22. The topological polar surface area (TPSA) is 73.3 Å². The van der Waals surface area contributed by atoms with E-state index in [-0.39, 0.29) is 17.6 Å². The molecule has 0 radical (unpaired) electrons. The van der Waals surface area contributed by atoms with Gasteiger partial charge in [-0.15, -0.1) is 10.2 Å². The first-order valence-electron chi connectivity index (χ1n) is 7.78. The zero-order valence-electron chi connectivity index (χ0n) is 13.3. The Bertz CT molecular complexity index is 716. The van der Waals surface area contributed by atoms with Gasteiger partial charge in [0.1, 0.15) is 5.75 Å². The number of aryl methyl sites for hydroxylation is 1. The normalized spacial score (nSPS) is 15.1. The van der Waals surface area contributed by atoms with Crippen LogP contribution in [0.1, 0.15) is 28.9 Å². The minimum atomic E-state index is -0.222. The molecular weight excluding hydrogens is 374 g/mol. The number of carbonyl (C=O) groups excluding carboxylic acids is 1. The third-order valence-electron chi connectivity index (χ3n) is 3.78. The van der Waals surface area contributed by atoms with E-state index in [0.29, 0.717) is 24.8 Å². The van der Waals surface area contributed by atoms with Gasteiger partial charge in [0.15, 0.2) is 5.69 Å². The second-order valence-electron chi connectivity index (χ2n) is 5.63. The quantitative estimate of drug-likeness (QED) is 0.865. The molecule has 6 nitrogen and oxygen atoms in total. The number of hydrogen-bond donors (Lipinski definition) is 1. The Labute approximate surface area is 148 Å². The van der Waals surface area contributed by atoms with Crippen LogP contribution in [-0.2, 0) is 4.74 Å². The molecule has 1 N–H and O–H groups in total. The zero-order chi connectivity index (χ0) is 16.9. The summed E-state index contributed by atoms with van der Waals surface area (Å²) in [5.74, 6) is 0.796. The zero-order valence-corrected chi connectivity index (χ0v) is 14.9. The lowest BCUT2D eigenvalue weighted by atomic mass is 10.1. The molecule has 2 aromatic rings. The molecule has 1 aromatic heterocycles. The van der Waals surface area contributed by atoms with Crippen molar-refractivity contribution in [3.05, 3.63) is 46.1 Å². The number of amides is 1. The summed E-state index contributed by atoms with van der Waals surface area (Å²) in [4.78, 5) is 12.2. The maximum absolute atomic E-state index is 12.2. The van der Waals surface area contributed by atoms with Crippen LogP contribution in [0, 0.1) is 6.92 Å². The van der Waals surface area contributed by atoms with Crippen LogP contribution in [-0.4, -0.2) is 35.4 Å². The molecule has 2 heterocycles. The molecule has 0 unspecified atom stereocenters. The summed E-state index contributed by atoms with van der Waals surface area (Å²) < 4.78 is 11.9. The smallest absolute Gasteiger partial charge is 0.272 e. The van der Waals surface area contributed by atoms with Gasteiger partial charge in [-0.25, -0.2) is 0 Å². The molecule has 1 amide bonds. The fourth-order valence-corrected chi connectivity index (χ4v) is 2.64. The number of aromatic nitrogens is 2. The number of rotatable bonds is 4. The summed E-state index contributed by atoms with van der Waals surface area (Å²) in [6.07, 6.45) is 1.65. The van der Waals surface area contributed by atoms with Crippen molar-refractivity contribution in [1.82, 2.24) is 15.5 Å². The Kier molecular flexibility index (Phi) is 5.42. The van der Waals surface area contributed by atoms with Gasteiger partial charge in [-0.2, -0.15) is 0 Å². The largest absolute Gasteiger partial charge is 0.438 e. The van der Waals surface area contributed by atoms with Gasteiger partial charge in [0, 0.05) is 29.8 Å². The molecule has 126 valence electrons. The van der Waals surface area contributed by atoms with Crippen LogP contribution in [0.25, 0.3) is 0 Å². The summed E-state index contributed by atoms with van der Waals surface area (Å²) in [6, 6.07) is 9.04. The molecule has 0 spiro atoms. The van der Waals surface area contributed by atoms with Crippen LogP contribution in [0.3, 0.4) is 0 Å². The standard InChI is InChI=1S/C17H18BrN3O3/c1-11-10-13(2-3-14(11)18)24-16-5-4-15(20-21-16)17(22)19-12-6-8-23-9-7-12/h2-5,10,12H,6-9H2,1H3,(H,19,22). The van der Waals surface area contributed by atoms with E-state index in [1.54, 1.807) is 12.1 Å². The molecule has 1 aromatic carbocycles. The van der Waals surface area contributed by atoms with E-state index in [1.165, 1.54) is 0 Å². The van der Waals surface area contributed by atoms with E-state index in [9.17, 15) is 4.79 Å². The Morgan fingerprint density at radius 1 is 1.25 bits per heavy atom. The van der Waals surface area contributed by atoms with Crippen LogP contribution in [0.2, 0.25) is 0 Å². The number of benzene rings is 1. The third kappa shape index (κ3) is 4.30. The average molecular weight is 392 g/mol. The molecule has 1 aliphatic heterocycles. The Morgan fingerprint density at radius 3 is 2.71 bits per heavy atom. The highest BCUT2D eigenvalue weighted by Gasteiger charge is 2.18. The SMILES string of the molecule is Cc1cc(Oc2ccc(C(=O)NC3CCOCC3)nn2)ccc1Br. The van der Waals surface area contributed by atoms with Gasteiger partial charge >= 0.3 is 0 Å². The van der Waals surface area contributed by atoms with E-state index >= 15 is 0 Å². The van der Waals surface area contributed by atoms with Crippen molar-refractivity contribution in [2.24, 2.45) is 0 Å². The van der Waals surface area contributed by atoms with E-state index in [1.807, 2.05) is 25.1 Å². The minimum Gasteiger partial charge on any atom is -0.438 e. The fourth-order valence-electron chi connectivity index (χ4n) is 2.40. The number of ether oxygens (including phenoxy) is 2. The highest BCUT2D eigenvalue weighted by Crippen LogP contribution is 2.24. The molecule has 7 heteroatoms. The fraction of sp³-hybridized carbons (Fsp3) is 0.353. The molecule has 1 aliphatic rings. The van der Waals surface area contributed by atoms with Gasteiger partial charge in [0.05, 0.1) is 0 Å². The summed E-state index contributed by atoms with van der Waals surface area (Å²) >= 11 is 3.45. The molecule has 1 saturated heterocycles. The first-order chi connectivity index (χ1) is 11.6.